The lowest BCUT2D eigenvalue weighted by Gasteiger charge is -1.94. The summed E-state index contributed by atoms with van der Waals surface area (Å²) in [6.45, 7) is 0. The number of hydrogen-bond acceptors (Lipinski definition) is 2. The lowest BCUT2D eigenvalue weighted by Crippen LogP contribution is -1.97. The zero-order valence-corrected chi connectivity index (χ0v) is 6.24. The minimum atomic E-state index is -0.452. The lowest BCUT2D eigenvalue weighted by molar-refractivity contribution is 0.105. The molecule has 56 valence electrons. The number of hydrogen-bond donors (Lipinski definition) is 0. The summed E-state index contributed by atoms with van der Waals surface area (Å²) in [6, 6.07) is 8.36. The molecule has 0 spiro atoms. The number of benzene rings is 1. The topological polar surface area (TPSA) is 40.9 Å². The van der Waals surface area contributed by atoms with Crippen molar-refractivity contribution in [1.82, 2.24) is 0 Å². The third-order valence-electron chi connectivity index (χ3n) is 1.42. The molecule has 0 aliphatic rings. The first-order valence-corrected chi connectivity index (χ1v) is 3.29. The molecular formula is C10H5NO. The van der Waals surface area contributed by atoms with Gasteiger partial charge in [0.25, 0.3) is 0 Å². The summed E-state index contributed by atoms with van der Waals surface area (Å²) >= 11 is 0. The van der Waals surface area contributed by atoms with Crippen molar-refractivity contribution < 1.29 is 4.79 Å². The first-order valence-electron chi connectivity index (χ1n) is 3.29. The van der Waals surface area contributed by atoms with E-state index in [-0.39, 0.29) is 0 Å². The Morgan fingerprint density at radius 2 is 2.08 bits per heavy atom. The molecule has 1 rings (SSSR count). The average Bonchev–Trinajstić information content (AvgIpc) is 2.16. The summed E-state index contributed by atoms with van der Waals surface area (Å²) in [5.41, 5.74) is 0.614. The first-order chi connectivity index (χ1) is 5.79. The van der Waals surface area contributed by atoms with E-state index in [0.29, 0.717) is 11.1 Å². The molecular weight excluding hydrogens is 150 g/mol. The van der Waals surface area contributed by atoms with Gasteiger partial charge in [0.05, 0.1) is 11.6 Å². The summed E-state index contributed by atoms with van der Waals surface area (Å²) in [4.78, 5) is 11.0. The van der Waals surface area contributed by atoms with Gasteiger partial charge in [-0.05, 0) is 18.1 Å². The van der Waals surface area contributed by atoms with E-state index in [1.807, 2.05) is 12.0 Å². The highest BCUT2D eigenvalue weighted by atomic mass is 16.1. The number of ketones is 1. The molecule has 0 amide bonds. The van der Waals surface area contributed by atoms with Gasteiger partial charge in [-0.3, -0.25) is 4.79 Å². The number of carbonyl (C=O) groups excluding carboxylic acids is 1. The number of rotatable bonds is 1. The van der Waals surface area contributed by atoms with Gasteiger partial charge < -0.3 is 0 Å². The van der Waals surface area contributed by atoms with Crippen LogP contribution in [0.3, 0.4) is 0 Å². The second-order valence-electron chi connectivity index (χ2n) is 2.13. The summed E-state index contributed by atoms with van der Waals surface area (Å²) in [7, 11) is 0. The zero-order chi connectivity index (χ0) is 8.97. The van der Waals surface area contributed by atoms with Gasteiger partial charge in [0, 0.05) is 5.56 Å². The minimum absolute atomic E-state index is 0.294. The Kier molecular flexibility index (Phi) is 2.26. The minimum Gasteiger partial charge on any atom is -0.279 e. The fraction of sp³-hybridized carbons (Fsp3) is 0. The normalized spacial score (nSPS) is 8.17. The third kappa shape index (κ3) is 1.33. The van der Waals surface area contributed by atoms with Gasteiger partial charge in [-0.25, -0.2) is 0 Å². The largest absolute Gasteiger partial charge is 0.279 e. The molecule has 0 N–H and O–H groups in total. The van der Waals surface area contributed by atoms with Crippen LogP contribution in [0, 0.1) is 23.7 Å². The van der Waals surface area contributed by atoms with Crippen LogP contribution in [0.1, 0.15) is 15.9 Å². The van der Waals surface area contributed by atoms with Crippen LogP contribution in [0.25, 0.3) is 0 Å². The van der Waals surface area contributed by atoms with Crippen molar-refractivity contribution in [2.45, 2.75) is 0 Å². The monoisotopic (exact) mass is 155 g/mol. The van der Waals surface area contributed by atoms with Crippen molar-refractivity contribution >= 4 is 5.78 Å². The number of Topliss-reactive ketones (excluding diaryl/α,β-unsaturated/α-hetero) is 1. The maximum Gasteiger partial charge on any atom is 0.236 e. The SMILES string of the molecule is C#CC(=O)c1ccccc1C#N. The van der Waals surface area contributed by atoms with Crippen molar-refractivity contribution in [2.75, 3.05) is 0 Å². The molecule has 0 saturated heterocycles. The van der Waals surface area contributed by atoms with Crippen molar-refractivity contribution in [3.8, 4) is 18.4 Å². The second-order valence-corrected chi connectivity index (χ2v) is 2.13. The Bertz CT molecular complexity index is 393. The van der Waals surface area contributed by atoms with Crippen molar-refractivity contribution in [1.29, 1.82) is 5.26 Å². The fourth-order valence-electron chi connectivity index (χ4n) is 0.856. The van der Waals surface area contributed by atoms with E-state index in [9.17, 15) is 4.79 Å². The van der Waals surface area contributed by atoms with Gasteiger partial charge in [0.2, 0.25) is 5.78 Å². The molecule has 2 heteroatoms. The molecule has 0 aliphatic heterocycles. The quantitative estimate of drug-likeness (QED) is 0.349. The molecule has 0 unspecified atom stereocenters. The van der Waals surface area contributed by atoms with Crippen LogP contribution in [0.2, 0.25) is 0 Å². The molecule has 0 aromatic heterocycles. The van der Waals surface area contributed by atoms with E-state index in [1.54, 1.807) is 24.3 Å². The van der Waals surface area contributed by atoms with Gasteiger partial charge in [0.1, 0.15) is 0 Å². The number of carbonyl (C=O) groups is 1. The average molecular weight is 155 g/mol. The number of nitriles is 1. The summed E-state index contributed by atoms with van der Waals surface area (Å²) in [5, 5.41) is 8.59. The molecule has 2 nitrogen and oxygen atoms in total. The number of nitrogens with zero attached hydrogens (tertiary/aromatic N) is 1. The highest BCUT2D eigenvalue weighted by molar-refractivity contribution is 6.10. The van der Waals surface area contributed by atoms with Crippen molar-refractivity contribution in [3.05, 3.63) is 35.4 Å². The van der Waals surface area contributed by atoms with Gasteiger partial charge in [-0.15, -0.1) is 6.42 Å². The molecule has 0 saturated carbocycles. The summed E-state index contributed by atoms with van der Waals surface area (Å²) < 4.78 is 0. The zero-order valence-electron chi connectivity index (χ0n) is 6.24. The van der Waals surface area contributed by atoms with Crippen LogP contribution in [-0.4, -0.2) is 5.78 Å². The van der Waals surface area contributed by atoms with Crippen LogP contribution in [-0.2, 0) is 0 Å². The Morgan fingerprint density at radius 1 is 1.42 bits per heavy atom. The van der Waals surface area contributed by atoms with E-state index in [4.69, 9.17) is 11.7 Å². The Labute approximate surface area is 70.4 Å². The molecule has 1 aromatic rings. The lowest BCUT2D eigenvalue weighted by atomic mass is 10.1. The molecule has 0 aliphatic carbocycles. The van der Waals surface area contributed by atoms with E-state index >= 15 is 0 Å². The highest BCUT2D eigenvalue weighted by Gasteiger charge is 2.06. The smallest absolute Gasteiger partial charge is 0.236 e. The molecule has 0 heterocycles. The van der Waals surface area contributed by atoms with Gasteiger partial charge in [-0.2, -0.15) is 5.26 Å². The maximum absolute atomic E-state index is 11.0. The van der Waals surface area contributed by atoms with Crippen LogP contribution < -0.4 is 0 Å². The van der Waals surface area contributed by atoms with Crippen LogP contribution in [0.5, 0.6) is 0 Å². The molecule has 0 bridgehead atoms. The van der Waals surface area contributed by atoms with Gasteiger partial charge in [0.15, 0.2) is 0 Å². The van der Waals surface area contributed by atoms with E-state index in [2.05, 4.69) is 0 Å². The van der Waals surface area contributed by atoms with Gasteiger partial charge >= 0.3 is 0 Å². The molecule has 0 radical (unpaired) electrons. The van der Waals surface area contributed by atoms with Gasteiger partial charge in [-0.1, -0.05) is 12.1 Å². The van der Waals surface area contributed by atoms with E-state index in [0.717, 1.165) is 0 Å². The van der Waals surface area contributed by atoms with Crippen LogP contribution >= 0.6 is 0 Å². The summed E-state index contributed by atoms with van der Waals surface area (Å²) in [6.07, 6.45) is 4.92. The molecule has 0 atom stereocenters. The van der Waals surface area contributed by atoms with Crippen molar-refractivity contribution in [3.63, 3.8) is 0 Å². The highest BCUT2D eigenvalue weighted by Crippen LogP contribution is 2.06. The standard InChI is InChI=1S/C10H5NO/c1-2-10(12)9-6-4-3-5-8(9)7-11/h1,3-6H. The summed E-state index contributed by atoms with van der Waals surface area (Å²) in [5.74, 6) is 1.51. The predicted molar refractivity (Wildman–Crippen MR) is 44.3 cm³/mol. The molecule has 0 fully saturated rings. The third-order valence-corrected chi connectivity index (χ3v) is 1.42. The van der Waals surface area contributed by atoms with Crippen LogP contribution in [0.4, 0.5) is 0 Å². The second kappa shape index (κ2) is 3.37. The number of terminal acetylenes is 1. The Morgan fingerprint density at radius 3 is 2.67 bits per heavy atom. The van der Waals surface area contributed by atoms with E-state index in [1.165, 1.54) is 0 Å². The Hall–Kier alpha value is -2.06. The Balaban J connectivity index is 3.27. The molecule has 12 heavy (non-hydrogen) atoms. The van der Waals surface area contributed by atoms with Crippen LogP contribution in [0.15, 0.2) is 24.3 Å². The fourth-order valence-corrected chi connectivity index (χ4v) is 0.856. The van der Waals surface area contributed by atoms with E-state index < -0.39 is 5.78 Å². The molecule has 1 aromatic carbocycles. The predicted octanol–water partition coefficient (Wildman–Crippen LogP) is 1.37. The van der Waals surface area contributed by atoms with Crippen molar-refractivity contribution in [2.24, 2.45) is 0 Å². The maximum atomic E-state index is 11.0. The first kappa shape index (κ1) is 8.04.